The van der Waals surface area contributed by atoms with E-state index in [-0.39, 0.29) is 11.9 Å². The number of amides is 1. The normalized spacial score (nSPS) is 16.0. The molecular formula is C19H27N5O2S. The van der Waals surface area contributed by atoms with Gasteiger partial charge in [0, 0.05) is 31.9 Å². The highest BCUT2D eigenvalue weighted by Crippen LogP contribution is 2.24. The molecule has 1 saturated heterocycles. The molecule has 3 rings (SSSR count). The first-order valence-electron chi connectivity index (χ1n) is 9.29. The van der Waals surface area contributed by atoms with Crippen molar-refractivity contribution in [2.75, 3.05) is 50.9 Å². The molecule has 0 unspecified atom stereocenters. The van der Waals surface area contributed by atoms with Gasteiger partial charge in [0.15, 0.2) is 0 Å². The zero-order valence-corrected chi connectivity index (χ0v) is 17.0. The van der Waals surface area contributed by atoms with Crippen LogP contribution in [0, 0.1) is 0 Å². The molecule has 1 atom stereocenters. The van der Waals surface area contributed by atoms with E-state index in [9.17, 15) is 4.79 Å². The summed E-state index contributed by atoms with van der Waals surface area (Å²) in [5.41, 5.74) is 1.21. The Labute approximate surface area is 164 Å². The van der Waals surface area contributed by atoms with E-state index in [1.807, 2.05) is 37.2 Å². The van der Waals surface area contributed by atoms with Gasteiger partial charge < -0.3 is 14.2 Å². The third-order valence-corrected chi connectivity index (χ3v) is 5.59. The van der Waals surface area contributed by atoms with Crippen LogP contribution in [0.3, 0.4) is 0 Å². The van der Waals surface area contributed by atoms with Gasteiger partial charge in [0.1, 0.15) is 0 Å². The monoisotopic (exact) mass is 389 g/mol. The number of hydrogen-bond donors (Lipinski definition) is 0. The molecule has 0 bridgehead atoms. The summed E-state index contributed by atoms with van der Waals surface area (Å²) in [5, 5.41) is 8.67. The molecule has 0 spiro atoms. The average molecular weight is 390 g/mol. The summed E-state index contributed by atoms with van der Waals surface area (Å²) in [4.78, 5) is 18.8. The van der Waals surface area contributed by atoms with Crippen molar-refractivity contribution in [2.45, 2.75) is 24.6 Å². The molecule has 7 nitrogen and oxygen atoms in total. The van der Waals surface area contributed by atoms with Gasteiger partial charge in [0.05, 0.1) is 11.8 Å². The Bertz CT molecular complexity index is 729. The maximum Gasteiger partial charge on any atom is 0.277 e. The number of hydrogen-bond acceptors (Lipinski definition) is 7. The lowest BCUT2D eigenvalue weighted by Gasteiger charge is -2.36. The van der Waals surface area contributed by atoms with Crippen molar-refractivity contribution in [1.82, 2.24) is 20.0 Å². The number of carbonyl (C=O) groups excluding carboxylic acids is 1. The largest absolute Gasteiger partial charge is 0.414 e. The topological polar surface area (TPSA) is 65.7 Å². The van der Waals surface area contributed by atoms with Crippen LogP contribution >= 0.6 is 11.8 Å². The Morgan fingerprint density at radius 3 is 2.52 bits per heavy atom. The SMILES string of the molecule is CC[C@@H](c1nnc(SCC(=O)N2CCN(c3ccccc3)CC2)o1)N(C)C. The van der Waals surface area contributed by atoms with Crippen LogP contribution in [-0.2, 0) is 4.79 Å². The summed E-state index contributed by atoms with van der Waals surface area (Å²) in [6, 6.07) is 10.4. The highest BCUT2D eigenvalue weighted by molar-refractivity contribution is 7.99. The number of carbonyl (C=O) groups is 1. The van der Waals surface area contributed by atoms with Gasteiger partial charge in [-0.2, -0.15) is 0 Å². The maximum atomic E-state index is 12.5. The van der Waals surface area contributed by atoms with E-state index in [1.54, 1.807) is 0 Å². The van der Waals surface area contributed by atoms with E-state index in [1.165, 1.54) is 17.4 Å². The van der Waals surface area contributed by atoms with E-state index < -0.39 is 0 Å². The molecule has 0 radical (unpaired) electrons. The van der Waals surface area contributed by atoms with Crippen molar-refractivity contribution in [3.05, 3.63) is 36.2 Å². The first kappa shape index (κ1) is 19.7. The fraction of sp³-hybridized carbons (Fsp3) is 0.526. The number of nitrogens with zero attached hydrogens (tertiary/aromatic N) is 5. The summed E-state index contributed by atoms with van der Waals surface area (Å²) in [6.07, 6.45) is 0.893. The van der Waals surface area contributed by atoms with Crippen LogP contribution < -0.4 is 4.90 Å². The predicted octanol–water partition coefficient (Wildman–Crippen LogP) is 2.52. The summed E-state index contributed by atoms with van der Waals surface area (Å²) in [7, 11) is 3.98. The molecule has 1 aromatic heterocycles. The van der Waals surface area contributed by atoms with Crippen molar-refractivity contribution in [2.24, 2.45) is 0 Å². The number of para-hydroxylation sites is 1. The number of piperazine rings is 1. The van der Waals surface area contributed by atoms with E-state index in [2.05, 4.69) is 39.1 Å². The van der Waals surface area contributed by atoms with Gasteiger partial charge in [-0.1, -0.05) is 36.9 Å². The van der Waals surface area contributed by atoms with Gasteiger partial charge in [-0.3, -0.25) is 9.69 Å². The molecule has 1 fully saturated rings. The lowest BCUT2D eigenvalue weighted by Crippen LogP contribution is -2.49. The zero-order valence-electron chi connectivity index (χ0n) is 16.2. The third kappa shape index (κ3) is 5.01. The molecule has 2 heterocycles. The number of aromatic nitrogens is 2. The minimum absolute atomic E-state index is 0.105. The fourth-order valence-electron chi connectivity index (χ4n) is 3.24. The van der Waals surface area contributed by atoms with Crippen molar-refractivity contribution in [1.29, 1.82) is 0 Å². The highest BCUT2D eigenvalue weighted by atomic mass is 32.2. The van der Waals surface area contributed by atoms with Crippen LogP contribution in [0.15, 0.2) is 40.0 Å². The molecule has 8 heteroatoms. The predicted molar refractivity (Wildman–Crippen MR) is 107 cm³/mol. The van der Waals surface area contributed by atoms with Gasteiger partial charge in [-0.15, -0.1) is 10.2 Å². The van der Waals surface area contributed by atoms with Gasteiger partial charge in [-0.05, 0) is 32.6 Å². The van der Waals surface area contributed by atoms with Gasteiger partial charge in [-0.25, -0.2) is 0 Å². The Kier molecular flexibility index (Phi) is 6.73. The Hall–Kier alpha value is -2.06. The third-order valence-electron chi connectivity index (χ3n) is 4.79. The zero-order chi connectivity index (χ0) is 19.2. The molecule has 0 aliphatic carbocycles. The maximum absolute atomic E-state index is 12.5. The van der Waals surface area contributed by atoms with Crippen LogP contribution in [-0.4, -0.2) is 71.9 Å². The second-order valence-corrected chi connectivity index (χ2v) is 7.71. The van der Waals surface area contributed by atoms with Crippen molar-refractivity contribution in [3.63, 3.8) is 0 Å². The van der Waals surface area contributed by atoms with Crippen molar-refractivity contribution in [3.8, 4) is 0 Å². The molecule has 146 valence electrons. The Morgan fingerprint density at radius 2 is 1.89 bits per heavy atom. The lowest BCUT2D eigenvalue weighted by atomic mass is 10.2. The lowest BCUT2D eigenvalue weighted by molar-refractivity contribution is -0.128. The summed E-state index contributed by atoms with van der Waals surface area (Å²) in [5.74, 6) is 1.05. The molecule has 0 N–H and O–H groups in total. The van der Waals surface area contributed by atoms with Gasteiger partial charge >= 0.3 is 0 Å². The van der Waals surface area contributed by atoms with Crippen LogP contribution in [0.4, 0.5) is 5.69 Å². The number of rotatable bonds is 7. The first-order chi connectivity index (χ1) is 13.1. The van der Waals surface area contributed by atoms with E-state index in [0.29, 0.717) is 16.9 Å². The summed E-state index contributed by atoms with van der Waals surface area (Å²) >= 11 is 1.32. The number of anilines is 1. The summed E-state index contributed by atoms with van der Waals surface area (Å²) in [6.45, 7) is 5.27. The molecule has 2 aromatic rings. The molecule has 0 saturated carbocycles. The molecular weight excluding hydrogens is 362 g/mol. The molecule has 1 aromatic carbocycles. The number of thioether (sulfide) groups is 1. The average Bonchev–Trinajstić information content (AvgIpc) is 3.16. The Balaban J connectivity index is 1.47. The second-order valence-electron chi connectivity index (χ2n) is 6.79. The van der Waals surface area contributed by atoms with Gasteiger partial charge in [0.25, 0.3) is 5.22 Å². The van der Waals surface area contributed by atoms with Crippen molar-refractivity contribution >= 4 is 23.4 Å². The van der Waals surface area contributed by atoms with Crippen LogP contribution in [0.25, 0.3) is 0 Å². The molecule has 1 amide bonds. The first-order valence-corrected chi connectivity index (χ1v) is 10.3. The van der Waals surface area contributed by atoms with E-state index in [4.69, 9.17) is 4.42 Å². The van der Waals surface area contributed by atoms with E-state index >= 15 is 0 Å². The van der Waals surface area contributed by atoms with E-state index in [0.717, 1.165) is 32.6 Å². The smallest absolute Gasteiger partial charge is 0.277 e. The van der Waals surface area contributed by atoms with Crippen LogP contribution in [0.2, 0.25) is 0 Å². The van der Waals surface area contributed by atoms with Crippen LogP contribution in [0.1, 0.15) is 25.3 Å². The molecule has 1 aliphatic rings. The minimum atomic E-state index is 0.105. The standard InChI is InChI=1S/C19H27N5O2S/c1-4-16(22(2)3)18-20-21-19(26-18)27-14-17(25)24-12-10-23(11-13-24)15-8-6-5-7-9-15/h5-9,16H,4,10-14H2,1-3H3/t16-/m0/s1. The summed E-state index contributed by atoms with van der Waals surface area (Å²) < 4.78 is 5.73. The molecule has 27 heavy (non-hydrogen) atoms. The fourth-order valence-corrected chi connectivity index (χ4v) is 3.91. The van der Waals surface area contributed by atoms with Gasteiger partial charge in [0.2, 0.25) is 11.8 Å². The molecule has 1 aliphatic heterocycles. The number of benzene rings is 1. The highest BCUT2D eigenvalue weighted by Gasteiger charge is 2.23. The van der Waals surface area contributed by atoms with Crippen molar-refractivity contribution < 1.29 is 9.21 Å². The minimum Gasteiger partial charge on any atom is -0.414 e. The van der Waals surface area contributed by atoms with Crippen LogP contribution in [0.5, 0.6) is 0 Å². The second kappa shape index (κ2) is 9.23. The Morgan fingerprint density at radius 1 is 1.19 bits per heavy atom. The quantitative estimate of drug-likeness (QED) is 0.674.